The minimum atomic E-state index is -1.30. The molecule has 0 spiro atoms. The Kier molecular flexibility index (Phi) is 3.62. The summed E-state index contributed by atoms with van der Waals surface area (Å²) in [5.41, 5.74) is 1.18. The first-order valence-electron chi connectivity index (χ1n) is 6.97. The molecule has 0 aliphatic carbocycles. The lowest BCUT2D eigenvalue weighted by molar-refractivity contribution is 0.0659. The molecule has 5 nitrogen and oxygen atoms in total. The number of methoxy groups -OCH3 is 1. The van der Waals surface area contributed by atoms with Gasteiger partial charge < -0.3 is 14.3 Å². The second kappa shape index (κ2) is 5.61. The highest BCUT2D eigenvalue weighted by Crippen LogP contribution is 2.37. The normalized spacial score (nSPS) is 10.7. The van der Waals surface area contributed by atoms with Crippen LogP contribution in [0.4, 0.5) is 0 Å². The number of rotatable bonds is 3. The Hall–Kier alpha value is -3.08. The van der Waals surface area contributed by atoms with Gasteiger partial charge in [-0.2, -0.15) is 0 Å². The lowest BCUT2D eigenvalue weighted by Gasteiger charge is -2.13. The summed E-state index contributed by atoms with van der Waals surface area (Å²) in [6.07, 6.45) is 0. The maximum atomic E-state index is 12.0. The van der Waals surface area contributed by atoms with Crippen LogP contribution in [0, 0.1) is 6.92 Å². The molecule has 0 amide bonds. The van der Waals surface area contributed by atoms with Gasteiger partial charge in [-0.15, -0.1) is 0 Å². The maximum Gasteiger partial charge on any atom is 0.372 e. The van der Waals surface area contributed by atoms with E-state index in [0.29, 0.717) is 27.6 Å². The number of carboxylic acid groups (broad SMARTS) is 1. The Bertz CT molecular complexity index is 969. The lowest BCUT2D eigenvalue weighted by atomic mass is 9.96. The third kappa shape index (κ3) is 2.46. The summed E-state index contributed by atoms with van der Waals surface area (Å²) < 4.78 is 10.4. The molecule has 5 heteroatoms. The van der Waals surface area contributed by atoms with Gasteiger partial charge in [0.25, 0.3) is 0 Å². The molecule has 0 radical (unpaired) electrons. The molecule has 1 aromatic heterocycles. The average molecular weight is 310 g/mol. The summed E-state index contributed by atoms with van der Waals surface area (Å²) >= 11 is 0. The van der Waals surface area contributed by atoms with Gasteiger partial charge in [-0.1, -0.05) is 29.8 Å². The third-order valence-electron chi connectivity index (χ3n) is 3.66. The van der Waals surface area contributed by atoms with Crippen molar-refractivity contribution in [1.29, 1.82) is 0 Å². The van der Waals surface area contributed by atoms with Crippen molar-refractivity contribution >= 4 is 16.7 Å². The number of fused-ring (bicyclic) bond motifs is 1. The summed E-state index contributed by atoms with van der Waals surface area (Å²) in [6.45, 7) is 1.89. The molecule has 116 valence electrons. The van der Waals surface area contributed by atoms with E-state index in [1.807, 2.05) is 19.1 Å². The average Bonchev–Trinajstić information content (AvgIpc) is 2.54. The number of ether oxygens (including phenoxy) is 1. The van der Waals surface area contributed by atoms with Crippen LogP contribution in [-0.4, -0.2) is 18.2 Å². The van der Waals surface area contributed by atoms with E-state index in [1.165, 1.54) is 7.11 Å². The fraction of sp³-hybridized carbons (Fsp3) is 0.111. The molecule has 3 aromatic rings. The van der Waals surface area contributed by atoms with Gasteiger partial charge in [0.15, 0.2) is 0 Å². The highest BCUT2D eigenvalue weighted by atomic mass is 16.5. The Morgan fingerprint density at radius 1 is 1.13 bits per heavy atom. The van der Waals surface area contributed by atoms with Crippen LogP contribution in [0.2, 0.25) is 0 Å². The van der Waals surface area contributed by atoms with Crippen molar-refractivity contribution in [3.63, 3.8) is 0 Å². The van der Waals surface area contributed by atoms with Crippen LogP contribution in [0.3, 0.4) is 0 Å². The van der Waals surface area contributed by atoms with E-state index in [2.05, 4.69) is 0 Å². The topological polar surface area (TPSA) is 76.7 Å². The SMILES string of the molecule is COc1ccc(C)cc1-c1c(C(=O)O)oc(=O)c2ccccc12. The Labute approximate surface area is 131 Å². The van der Waals surface area contributed by atoms with Gasteiger partial charge in [-0.25, -0.2) is 9.59 Å². The van der Waals surface area contributed by atoms with Crippen LogP contribution in [0.1, 0.15) is 16.1 Å². The number of carboxylic acids is 1. The van der Waals surface area contributed by atoms with Crippen molar-refractivity contribution < 1.29 is 19.1 Å². The highest BCUT2D eigenvalue weighted by Gasteiger charge is 2.22. The van der Waals surface area contributed by atoms with Crippen LogP contribution < -0.4 is 10.4 Å². The van der Waals surface area contributed by atoms with Gasteiger partial charge in [0.2, 0.25) is 5.76 Å². The quantitative estimate of drug-likeness (QED) is 0.801. The van der Waals surface area contributed by atoms with Crippen molar-refractivity contribution in [2.75, 3.05) is 7.11 Å². The minimum Gasteiger partial charge on any atom is -0.496 e. The van der Waals surface area contributed by atoms with E-state index in [9.17, 15) is 14.7 Å². The predicted octanol–water partition coefficient (Wildman–Crippen LogP) is 3.48. The maximum absolute atomic E-state index is 12.0. The number of hydrogen-bond donors (Lipinski definition) is 1. The molecule has 1 N–H and O–H groups in total. The smallest absolute Gasteiger partial charge is 0.372 e. The fourth-order valence-corrected chi connectivity index (χ4v) is 2.64. The minimum absolute atomic E-state index is 0.330. The molecule has 0 aliphatic heterocycles. The standard InChI is InChI=1S/C18H14O5/c1-10-7-8-14(22-2)13(9-10)15-11-5-3-4-6-12(11)18(21)23-16(15)17(19)20/h3-9H,1-2H3,(H,19,20). The van der Waals surface area contributed by atoms with Gasteiger partial charge in [-0.3, -0.25) is 0 Å². The molecule has 0 unspecified atom stereocenters. The molecule has 23 heavy (non-hydrogen) atoms. The molecule has 0 aliphatic rings. The number of benzene rings is 2. The van der Waals surface area contributed by atoms with Gasteiger partial charge in [-0.05, 0) is 25.1 Å². The summed E-state index contributed by atoms with van der Waals surface area (Å²) in [7, 11) is 1.51. The second-order valence-electron chi connectivity index (χ2n) is 5.15. The largest absolute Gasteiger partial charge is 0.496 e. The monoisotopic (exact) mass is 310 g/mol. The zero-order valence-corrected chi connectivity index (χ0v) is 12.6. The third-order valence-corrected chi connectivity index (χ3v) is 3.66. The number of hydrogen-bond acceptors (Lipinski definition) is 4. The van der Waals surface area contributed by atoms with Gasteiger partial charge in [0.1, 0.15) is 5.75 Å². The van der Waals surface area contributed by atoms with Crippen molar-refractivity contribution in [2.45, 2.75) is 6.92 Å². The van der Waals surface area contributed by atoms with E-state index in [1.54, 1.807) is 30.3 Å². The zero-order chi connectivity index (χ0) is 16.6. The molecule has 3 rings (SSSR count). The van der Waals surface area contributed by atoms with Crippen LogP contribution in [0.15, 0.2) is 51.7 Å². The first-order chi connectivity index (χ1) is 11.0. The summed E-state index contributed by atoms with van der Waals surface area (Å²) in [5, 5.41) is 10.3. The Balaban J connectivity index is 2.52. The predicted molar refractivity (Wildman–Crippen MR) is 86.2 cm³/mol. The summed E-state index contributed by atoms with van der Waals surface area (Å²) in [6, 6.07) is 12.2. The molecule has 0 saturated carbocycles. The van der Waals surface area contributed by atoms with E-state index in [-0.39, 0.29) is 0 Å². The molecule has 0 atom stereocenters. The molecule has 0 bridgehead atoms. The first kappa shape index (κ1) is 14.8. The lowest BCUT2D eigenvalue weighted by Crippen LogP contribution is -2.09. The number of carbonyl (C=O) groups is 1. The number of aromatic carboxylic acids is 1. The molecule has 0 fully saturated rings. The van der Waals surface area contributed by atoms with Crippen LogP contribution in [0.5, 0.6) is 5.75 Å². The van der Waals surface area contributed by atoms with Crippen molar-refractivity contribution in [1.82, 2.24) is 0 Å². The molecular weight excluding hydrogens is 296 g/mol. The Morgan fingerprint density at radius 3 is 2.48 bits per heavy atom. The van der Waals surface area contributed by atoms with E-state index in [4.69, 9.17) is 9.15 Å². The Morgan fingerprint density at radius 2 is 1.83 bits per heavy atom. The highest BCUT2D eigenvalue weighted by molar-refractivity contribution is 6.05. The van der Waals surface area contributed by atoms with Crippen LogP contribution in [0.25, 0.3) is 21.9 Å². The van der Waals surface area contributed by atoms with E-state index < -0.39 is 17.4 Å². The zero-order valence-electron chi connectivity index (χ0n) is 12.6. The molecule has 1 heterocycles. The summed E-state index contributed by atoms with van der Waals surface area (Å²) in [5.74, 6) is -1.18. The molecular formula is C18H14O5. The molecule has 2 aromatic carbocycles. The van der Waals surface area contributed by atoms with Crippen molar-refractivity contribution in [2.24, 2.45) is 0 Å². The van der Waals surface area contributed by atoms with Crippen LogP contribution in [-0.2, 0) is 0 Å². The van der Waals surface area contributed by atoms with Gasteiger partial charge in [0, 0.05) is 16.5 Å². The second-order valence-corrected chi connectivity index (χ2v) is 5.15. The van der Waals surface area contributed by atoms with Crippen molar-refractivity contribution in [3.8, 4) is 16.9 Å². The summed E-state index contributed by atoms with van der Waals surface area (Å²) in [4.78, 5) is 23.6. The van der Waals surface area contributed by atoms with Gasteiger partial charge in [0.05, 0.1) is 12.5 Å². The van der Waals surface area contributed by atoms with Crippen molar-refractivity contribution in [3.05, 3.63) is 64.2 Å². The van der Waals surface area contributed by atoms with Gasteiger partial charge >= 0.3 is 11.6 Å². The first-order valence-corrected chi connectivity index (χ1v) is 6.97. The fourth-order valence-electron chi connectivity index (χ4n) is 2.64. The molecule has 0 saturated heterocycles. The van der Waals surface area contributed by atoms with Crippen LogP contribution >= 0.6 is 0 Å². The van der Waals surface area contributed by atoms with E-state index in [0.717, 1.165) is 5.56 Å². The number of aryl methyl sites for hydroxylation is 1. The van der Waals surface area contributed by atoms with E-state index >= 15 is 0 Å².